The highest BCUT2D eigenvalue weighted by molar-refractivity contribution is 5.89. The summed E-state index contributed by atoms with van der Waals surface area (Å²) in [6.07, 6.45) is 2.68. The average molecular weight is 336 g/mol. The van der Waals surface area contributed by atoms with E-state index < -0.39 is 5.97 Å². The van der Waals surface area contributed by atoms with Gasteiger partial charge < -0.3 is 4.74 Å². The van der Waals surface area contributed by atoms with Crippen LogP contribution in [0.1, 0.15) is 35.9 Å². The molecule has 1 heterocycles. The van der Waals surface area contributed by atoms with E-state index in [9.17, 15) is 9.59 Å². The quantitative estimate of drug-likeness (QED) is 0.669. The number of aryl methyl sites for hydroxylation is 1. The second kappa shape index (κ2) is 7.30. The second-order valence-corrected chi connectivity index (χ2v) is 5.83. The molecule has 0 aliphatic carbocycles. The lowest BCUT2D eigenvalue weighted by atomic mass is 10.1. The summed E-state index contributed by atoms with van der Waals surface area (Å²) in [6.45, 7) is 2.11. The van der Waals surface area contributed by atoms with Crippen molar-refractivity contribution in [1.82, 2.24) is 9.55 Å². The van der Waals surface area contributed by atoms with Crippen molar-refractivity contribution < 1.29 is 9.53 Å². The molecular weight excluding hydrogens is 316 g/mol. The molecule has 5 nitrogen and oxygen atoms in total. The van der Waals surface area contributed by atoms with Crippen LogP contribution in [0.25, 0.3) is 16.6 Å². The number of para-hydroxylation sites is 1. The number of rotatable bonds is 5. The van der Waals surface area contributed by atoms with E-state index in [0.717, 1.165) is 25.1 Å². The lowest BCUT2D eigenvalue weighted by Crippen LogP contribution is -2.24. The maximum absolute atomic E-state index is 13.0. The first-order chi connectivity index (χ1) is 12.2. The molecule has 2 aromatic carbocycles. The lowest BCUT2D eigenvalue weighted by Gasteiger charge is -2.14. The fraction of sp³-hybridized carbons (Fsp3) is 0.250. The van der Waals surface area contributed by atoms with Crippen molar-refractivity contribution in [2.75, 3.05) is 7.11 Å². The van der Waals surface area contributed by atoms with Crippen LogP contribution in [0, 0.1) is 0 Å². The van der Waals surface area contributed by atoms with Crippen LogP contribution in [0.3, 0.4) is 0 Å². The third-order valence-electron chi connectivity index (χ3n) is 4.15. The highest BCUT2D eigenvalue weighted by Crippen LogP contribution is 2.16. The molecule has 0 saturated carbocycles. The number of fused-ring (bicyclic) bond motifs is 1. The molecule has 25 heavy (non-hydrogen) atoms. The largest absolute Gasteiger partial charge is 0.465 e. The summed E-state index contributed by atoms with van der Waals surface area (Å²) in [5.74, 6) is 0.332. The van der Waals surface area contributed by atoms with Gasteiger partial charge in [-0.2, -0.15) is 0 Å². The number of benzene rings is 2. The summed E-state index contributed by atoms with van der Waals surface area (Å²) in [4.78, 5) is 29.3. The topological polar surface area (TPSA) is 61.2 Å². The molecule has 0 N–H and O–H groups in total. The number of methoxy groups -OCH3 is 1. The van der Waals surface area contributed by atoms with Crippen molar-refractivity contribution in [2.24, 2.45) is 0 Å². The van der Waals surface area contributed by atoms with E-state index in [1.165, 1.54) is 7.11 Å². The van der Waals surface area contributed by atoms with Crippen LogP contribution in [0.2, 0.25) is 0 Å². The summed E-state index contributed by atoms with van der Waals surface area (Å²) in [7, 11) is 1.34. The van der Waals surface area contributed by atoms with Gasteiger partial charge in [-0.1, -0.05) is 25.5 Å². The summed E-state index contributed by atoms with van der Waals surface area (Å²) >= 11 is 0. The molecule has 0 aliphatic rings. The number of esters is 1. The molecule has 128 valence electrons. The van der Waals surface area contributed by atoms with E-state index in [1.54, 1.807) is 34.9 Å². The van der Waals surface area contributed by atoms with Crippen LogP contribution >= 0.6 is 0 Å². The van der Waals surface area contributed by atoms with Gasteiger partial charge in [0.2, 0.25) is 0 Å². The number of carbonyl (C=O) groups is 1. The standard InChI is InChI=1S/C20H20N2O3/c1-3-4-9-18-21-17-8-6-5-7-16(17)19(23)22(18)15-12-10-14(11-13-15)20(24)25-2/h5-8,10-13H,3-4,9H2,1-2H3. The summed E-state index contributed by atoms with van der Waals surface area (Å²) in [6, 6.07) is 14.2. The molecule has 0 unspecified atom stereocenters. The molecular formula is C20H20N2O3. The van der Waals surface area contributed by atoms with E-state index in [2.05, 4.69) is 6.92 Å². The van der Waals surface area contributed by atoms with Crippen LogP contribution < -0.4 is 5.56 Å². The first-order valence-electron chi connectivity index (χ1n) is 8.35. The molecule has 1 aromatic heterocycles. The normalized spacial score (nSPS) is 10.8. The monoisotopic (exact) mass is 336 g/mol. The molecule has 0 atom stereocenters. The molecule has 3 rings (SSSR count). The minimum Gasteiger partial charge on any atom is -0.465 e. The molecule has 0 aliphatic heterocycles. The van der Waals surface area contributed by atoms with Gasteiger partial charge in [0.05, 0.1) is 29.3 Å². The maximum Gasteiger partial charge on any atom is 0.337 e. The van der Waals surface area contributed by atoms with Crippen LogP contribution in [-0.2, 0) is 11.2 Å². The molecule has 3 aromatic rings. The van der Waals surface area contributed by atoms with Gasteiger partial charge in [0, 0.05) is 6.42 Å². The van der Waals surface area contributed by atoms with E-state index in [-0.39, 0.29) is 5.56 Å². The Labute approximate surface area is 145 Å². The van der Waals surface area contributed by atoms with Crippen LogP contribution in [0.4, 0.5) is 0 Å². The number of unbranched alkanes of at least 4 members (excludes halogenated alkanes) is 1. The lowest BCUT2D eigenvalue weighted by molar-refractivity contribution is 0.0601. The zero-order valence-electron chi connectivity index (χ0n) is 14.4. The summed E-state index contributed by atoms with van der Waals surface area (Å²) < 4.78 is 6.36. The Bertz CT molecular complexity index is 959. The maximum atomic E-state index is 13.0. The van der Waals surface area contributed by atoms with Crippen molar-refractivity contribution in [2.45, 2.75) is 26.2 Å². The Morgan fingerprint density at radius 3 is 2.52 bits per heavy atom. The third kappa shape index (κ3) is 3.31. The third-order valence-corrected chi connectivity index (χ3v) is 4.15. The predicted molar refractivity (Wildman–Crippen MR) is 97.3 cm³/mol. The van der Waals surface area contributed by atoms with Crippen LogP contribution in [0.5, 0.6) is 0 Å². The summed E-state index contributed by atoms with van der Waals surface area (Å²) in [5.41, 5.74) is 1.76. The van der Waals surface area contributed by atoms with E-state index in [0.29, 0.717) is 22.2 Å². The van der Waals surface area contributed by atoms with Crippen LogP contribution in [-0.4, -0.2) is 22.6 Å². The van der Waals surface area contributed by atoms with Crippen molar-refractivity contribution >= 4 is 16.9 Å². The van der Waals surface area contributed by atoms with E-state index in [4.69, 9.17) is 9.72 Å². The Hall–Kier alpha value is -2.95. The van der Waals surface area contributed by atoms with Gasteiger partial charge in [-0.3, -0.25) is 9.36 Å². The fourth-order valence-corrected chi connectivity index (χ4v) is 2.81. The number of ether oxygens (including phenoxy) is 1. The van der Waals surface area contributed by atoms with Crippen molar-refractivity contribution in [3.05, 3.63) is 70.3 Å². The molecule has 0 fully saturated rings. The van der Waals surface area contributed by atoms with Gasteiger partial charge in [-0.25, -0.2) is 9.78 Å². The Balaban J connectivity index is 2.17. The average Bonchev–Trinajstić information content (AvgIpc) is 2.66. The predicted octanol–water partition coefficient (Wildman–Crippen LogP) is 3.51. The van der Waals surface area contributed by atoms with E-state index >= 15 is 0 Å². The zero-order valence-corrected chi connectivity index (χ0v) is 14.4. The zero-order chi connectivity index (χ0) is 17.8. The highest BCUT2D eigenvalue weighted by Gasteiger charge is 2.13. The molecule has 5 heteroatoms. The second-order valence-electron chi connectivity index (χ2n) is 5.83. The smallest absolute Gasteiger partial charge is 0.337 e. The Morgan fingerprint density at radius 1 is 1.12 bits per heavy atom. The Morgan fingerprint density at radius 2 is 1.84 bits per heavy atom. The summed E-state index contributed by atoms with van der Waals surface area (Å²) in [5, 5.41) is 0.583. The first kappa shape index (κ1) is 16.9. The minimum atomic E-state index is -0.401. The number of hydrogen-bond donors (Lipinski definition) is 0. The molecule has 0 saturated heterocycles. The fourth-order valence-electron chi connectivity index (χ4n) is 2.81. The highest BCUT2D eigenvalue weighted by atomic mass is 16.5. The minimum absolute atomic E-state index is 0.0949. The molecule has 0 bridgehead atoms. The SMILES string of the molecule is CCCCc1nc2ccccc2c(=O)n1-c1ccc(C(=O)OC)cc1. The van der Waals surface area contributed by atoms with Crippen molar-refractivity contribution in [3.8, 4) is 5.69 Å². The van der Waals surface area contributed by atoms with Gasteiger partial charge >= 0.3 is 5.97 Å². The van der Waals surface area contributed by atoms with Gasteiger partial charge in [-0.05, 0) is 42.8 Å². The van der Waals surface area contributed by atoms with Crippen LogP contribution in [0.15, 0.2) is 53.3 Å². The molecule has 0 amide bonds. The number of carbonyl (C=O) groups excluding carboxylic acids is 1. The van der Waals surface area contributed by atoms with Gasteiger partial charge in [0.15, 0.2) is 0 Å². The molecule has 0 radical (unpaired) electrons. The Kier molecular flexibility index (Phi) is 4.93. The number of nitrogens with zero attached hydrogens (tertiary/aromatic N) is 2. The first-order valence-corrected chi connectivity index (χ1v) is 8.35. The van der Waals surface area contributed by atoms with Gasteiger partial charge in [0.1, 0.15) is 5.82 Å². The van der Waals surface area contributed by atoms with Gasteiger partial charge in [0.25, 0.3) is 5.56 Å². The van der Waals surface area contributed by atoms with Crippen molar-refractivity contribution in [3.63, 3.8) is 0 Å². The van der Waals surface area contributed by atoms with Crippen molar-refractivity contribution in [1.29, 1.82) is 0 Å². The van der Waals surface area contributed by atoms with Gasteiger partial charge in [-0.15, -0.1) is 0 Å². The number of aromatic nitrogens is 2. The molecule has 0 spiro atoms. The van der Waals surface area contributed by atoms with E-state index in [1.807, 2.05) is 18.2 Å². The number of hydrogen-bond acceptors (Lipinski definition) is 4.